The quantitative estimate of drug-likeness (QED) is 0.484. The molecule has 2 heterocycles. The molecule has 1 amide bonds. The highest BCUT2D eigenvalue weighted by molar-refractivity contribution is 7.12. The average Bonchev–Trinajstić information content (AvgIpc) is 3.16. The lowest BCUT2D eigenvalue weighted by atomic mass is 9.83. The minimum Gasteiger partial charge on any atom is -0.493 e. The largest absolute Gasteiger partial charge is 0.493 e. The van der Waals surface area contributed by atoms with E-state index in [1.54, 1.807) is 18.4 Å². The van der Waals surface area contributed by atoms with E-state index in [2.05, 4.69) is 13.8 Å². The van der Waals surface area contributed by atoms with E-state index in [1.807, 2.05) is 32.9 Å². The Balaban J connectivity index is 2.11. The molecule has 7 heteroatoms. The molecule has 4 rings (SSSR count). The summed E-state index contributed by atoms with van der Waals surface area (Å²) in [4.78, 5) is 28.9. The number of thiophene rings is 1. The summed E-state index contributed by atoms with van der Waals surface area (Å²) in [6, 6.07) is 4.01. The predicted octanol–water partition coefficient (Wildman–Crippen LogP) is 5.68. The van der Waals surface area contributed by atoms with Crippen LogP contribution in [0, 0.1) is 13.8 Å². The SMILES string of the molecule is Cc1sc2c(c1/C(=C(/C(OC(C)(C)C)C(=O)O)N(C)C=O)c1ccc3c(c1C)CCCO3)CCCC2. The second-order valence-electron chi connectivity index (χ2n) is 10.7. The first-order chi connectivity index (χ1) is 17.0. The Morgan fingerprint density at radius 2 is 1.83 bits per heavy atom. The molecule has 0 radical (unpaired) electrons. The number of benzene rings is 1. The minimum absolute atomic E-state index is 0.362. The van der Waals surface area contributed by atoms with Crippen LogP contribution in [0.5, 0.6) is 5.75 Å². The van der Waals surface area contributed by atoms with Crippen molar-refractivity contribution < 1.29 is 24.2 Å². The van der Waals surface area contributed by atoms with Gasteiger partial charge in [-0.3, -0.25) is 4.79 Å². The molecule has 2 aromatic rings. The van der Waals surface area contributed by atoms with Crippen LogP contribution >= 0.6 is 11.3 Å². The van der Waals surface area contributed by atoms with Gasteiger partial charge in [0.15, 0.2) is 6.10 Å². The molecule has 0 fully saturated rings. The van der Waals surface area contributed by atoms with Gasteiger partial charge in [-0.1, -0.05) is 6.07 Å². The molecule has 1 aliphatic heterocycles. The van der Waals surface area contributed by atoms with E-state index in [-0.39, 0.29) is 0 Å². The number of carbonyl (C=O) groups excluding carboxylic acids is 1. The van der Waals surface area contributed by atoms with Crippen molar-refractivity contribution in [1.29, 1.82) is 0 Å². The normalized spacial score (nSPS) is 16.8. The van der Waals surface area contributed by atoms with Gasteiger partial charge in [-0.15, -0.1) is 11.3 Å². The number of amides is 1. The number of fused-ring (bicyclic) bond motifs is 2. The molecule has 1 aromatic heterocycles. The fourth-order valence-corrected chi connectivity index (χ4v) is 6.71. The number of rotatable bonds is 7. The van der Waals surface area contributed by atoms with E-state index in [1.165, 1.54) is 15.3 Å². The number of carboxylic acids is 1. The zero-order valence-corrected chi connectivity index (χ0v) is 23.0. The maximum absolute atomic E-state index is 12.7. The number of likely N-dealkylation sites (N-methyl/N-ethyl adjacent to an activating group) is 1. The summed E-state index contributed by atoms with van der Waals surface area (Å²) in [6.07, 6.45) is 5.44. The van der Waals surface area contributed by atoms with E-state index >= 15 is 0 Å². The van der Waals surface area contributed by atoms with Crippen molar-refractivity contribution in [1.82, 2.24) is 4.90 Å². The van der Waals surface area contributed by atoms with Gasteiger partial charge in [0.05, 0.1) is 17.9 Å². The van der Waals surface area contributed by atoms with Crippen LogP contribution in [0.25, 0.3) is 5.57 Å². The lowest BCUT2D eigenvalue weighted by molar-refractivity contribution is -0.157. The smallest absolute Gasteiger partial charge is 0.339 e. The topological polar surface area (TPSA) is 76.1 Å². The van der Waals surface area contributed by atoms with Crippen molar-refractivity contribution in [2.75, 3.05) is 13.7 Å². The number of nitrogens with zero attached hydrogens (tertiary/aromatic N) is 1. The Labute approximate surface area is 217 Å². The van der Waals surface area contributed by atoms with Gasteiger partial charge in [-0.05, 0) is 101 Å². The fourth-order valence-electron chi connectivity index (χ4n) is 5.44. The van der Waals surface area contributed by atoms with Gasteiger partial charge in [0.25, 0.3) is 0 Å². The van der Waals surface area contributed by atoms with Crippen molar-refractivity contribution >= 4 is 29.3 Å². The molecule has 1 aromatic carbocycles. The van der Waals surface area contributed by atoms with E-state index in [0.717, 1.165) is 77.0 Å². The van der Waals surface area contributed by atoms with E-state index in [9.17, 15) is 14.7 Å². The first-order valence-electron chi connectivity index (χ1n) is 12.7. The molecule has 1 atom stereocenters. The molecule has 0 saturated heterocycles. The number of ether oxygens (including phenoxy) is 2. The van der Waals surface area contributed by atoms with Gasteiger partial charge in [0, 0.05) is 27.9 Å². The van der Waals surface area contributed by atoms with Gasteiger partial charge in [0.2, 0.25) is 6.41 Å². The summed E-state index contributed by atoms with van der Waals surface area (Å²) in [7, 11) is 1.62. The van der Waals surface area contributed by atoms with E-state index in [0.29, 0.717) is 18.7 Å². The summed E-state index contributed by atoms with van der Waals surface area (Å²) in [5.41, 5.74) is 5.89. The zero-order chi connectivity index (χ0) is 26.2. The summed E-state index contributed by atoms with van der Waals surface area (Å²) >= 11 is 1.79. The van der Waals surface area contributed by atoms with Crippen molar-refractivity contribution in [2.45, 2.75) is 84.8 Å². The number of aliphatic carboxylic acids is 1. The molecule has 0 bridgehead atoms. The Bertz CT molecular complexity index is 1200. The molecule has 194 valence electrons. The summed E-state index contributed by atoms with van der Waals surface area (Å²) < 4.78 is 12.1. The van der Waals surface area contributed by atoms with Crippen molar-refractivity contribution in [3.8, 4) is 5.75 Å². The minimum atomic E-state index is -1.32. The fraction of sp³-hybridized carbons (Fsp3) is 0.517. The van der Waals surface area contributed by atoms with Crippen LogP contribution in [-0.4, -0.2) is 47.7 Å². The van der Waals surface area contributed by atoms with Gasteiger partial charge in [0.1, 0.15) is 5.75 Å². The molecule has 0 spiro atoms. The third-order valence-electron chi connectivity index (χ3n) is 6.99. The Morgan fingerprint density at radius 3 is 2.50 bits per heavy atom. The van der Waals surface area contributed by atoms with Crippen LogP contribution in [0.2, 0.25) is 0 Å². The summed E-state index contributed by atoms with van der Waals surface area (Å²) in [6.45, 7) is 10.4. The summed E-state index contributed by atoms with van der Waals surface area (Å²) in [5.74, 6) is -0.233. The van der Waals surface area contributed by atoms with Crippen LogP contribution in [0.3, 0.4) is 0 Å². The lowest BCUT2D eigenvalue weighted by Crippen LogP contribution is -2.40. The number of hydrogen-bond acceptors (Lipinski definition) is 5. The van der Waals surface area contributed by atoms with Crippen molar-refractivity contribution in [3.63, 3.8) is 0 Å². The standard InChI is InChI=1S/C29H37NO5S/c1-17-19-11-9-15-34-22(19)14-13-20(17)25(24-18(2)36-23-12-8-7-10-21(23)24)26(30(6)16-31)27(28(32)33)35-29(3,4)5/h13-14,16,27H,7-12,15H2,1-6H3,(H,32,33)/b26-25-. The molecule has 0 saturated carbocycles. The van der Waals surface area contributed by atoms with Gasteiger partial charge in [-0.2, -0.15) is 0 Å². The Hall–Kier alpha value is -2.64. The third-order valence-corrected chi connectivity index (χ3v) is 8.20. The third kappa shape index (κ3) is 5.09. The zero-order valence-electron chi connectivity index (χ0n) is 22.2. The van der Waals surface area contributed by atoms with E-state index < -0.39 is 17.7 Å². The van der Waals surface area contributed by atoms with Crippen molar-refractivity contribution in [2.24, 2.45) is 0 Å². The van der Waals surface area contributed by atoms with Crippen LogP contribution < -0.4 is 4.74 Å². The monoisotopic (exact) mass is 511 g/mol. The number of hydrogen-bond donors (Lipinski definition) is 1. The predicted molar refractivity (Wildman–Crippen MR) is 143 cm³/mol. The maximum Gasteiger partial charge on any atom is 0.339 e. The van der Waals surface area contributed by atoms with Crippen LogP contribution in [0.1, 0.15) is 77.6 Å². The maximum atomic E-state index is 12.7. The van der Waals surface area contributed by atoms with Crippen LogP contribution in [0.4, 0.5) is 0 Å². The van der Waals surface area contributed by atoms with Gasteiger partial charge in [-0.25, -0.2) is 4.79 Å². The van der Waals surface area contributed by atoms with Gasteiger partial charge >= 0.3 is 5.97 Å². The second-order valence-corrected chi connectivity index (χ2v) is 12.0. The van der Waals surface area contributed by atoms with Gasteiger partial charge < -0.3 is 19.5 Å². The Kier molecular flexibility index (Phi) is 7.62. The van der Waals surface area contributed by atoms with Crippen LogP contribution in [0.15, 0.2) is 17.8 Å². The molecular weight excluding hydrogens is 474 g/mol. The highest BCUT2D eigenvalue weighted by Crippen LogP contribution is 2.45. The molecular formula is C29H37NO5S. The Morgan fingerprint density at radius 1 is 1.14 bits per heavy atom. The molecule has 6 nitrogen and oxygen atoms in total. The first kappa shape index (κ1) is 26.4. The molecule has 1 unspecified atom stereocenters. The molecule has 1 aliphatic carbocycles. The molecule has 2 aliphatic rings. The van der Waals surface area contributed by atoms with Crippen LogP contribution in [-0.2, 0) is 33.6 Å². The molecule has 36 heavy (non-hydrogen) atoms. The second kappa shape index (κ2) is 10.4. The molecule has 1 N–H and O–H groups in total. The number of carboxylic acid groups (broad SMARTS) is 1. The van der Waals surface area contributed by atoms with Crippen molar-refractivity contribution in [3.05, 3.63) is 55.4 Å². The van der Waals surface area contributed by atoms with E-state index in [4.69, 9.17) is 9.47 Å². The number of aryl methyl sites for hydroxylation is 2. The number of carbonyl (C=O) groups is 2. The summed E-state index contributed by atoms with van der Waals surface area (Å²) in [5, 5.41) is 10.4. The first-order valence-corrected chi connectivity index (χ1v) is 13.5. The highest BCUT2D eigenvalue weighted by atomic mass is 32.1. The highest BCUT2D eigenvalue weighted by Gasteiger charge is 2.36. The lowest BCUT2D eigenvalue weighted by Gasteiger charge is -2.32. The average molecular weight is 512 g/mol.